The van der Waals surface area contributed by atoms with Crippen molar-refractivity contribution in [2.24, 2.45) is 0 Å². The topological polar surface area (TPSA) is 89.7 Å². The number of ether oxygens (including phenoxy) is 1. The highest BCUT2D eigenvalue weighted by atomic mass is 127. The first-order valence-corrected chi connectivity index (χ1v) is 6.61. The van der Waals surface area contributed by atoms with Crippen molar-refractivity contribution < 1.29 is 24.0 Å². The van der Waals surface area contributed by atoms with Gasteiger partial charge in [-0.25, -0.2) is 9.18 Å². The Hall–Kier alpha value is -2.23. The number of rotatable bonds is 4. The molecule has 2 rings (SSSR count). The fraction of sp³-hybridized carbons (Fsp3) is 0. The average molecular weight is 403 g/mol. The molecule has 0 amide bonds. The van der Waals surface area contributed by atoms with Gasteiger partial charge in [0.1, 0.15) is 22.9 Å². The fourth-order valence-corrected chi connectivity index (χ4v) is 2.17. The molecular formula is C13H7FINO5. The van der Waals surface area contributed by atoms with Crippen LogP contribution in [0, 0.1) is 19.5 Å². The van der Waals surface area contributed by atoms with Crippen molar-refractivity contribution >= 4 is 34.2 Å². The molecule has 0 bridgehead atoms. The zero-order valence-electron chi connectivity index (χ0n) is 10.2. The minimum atomic E-state index is -1.26. The molecule has 0 fully saturated rings. The van der Waals surface area contributed by atoms with Crippen LogP contribution in [0.15, 0.2) is 36.4 Å². The minimum Gasteiger partial charge on any atom is -0.478 e. The van der Waals surface area contributed by atoms with Gasteiger partial charge in [-0.2, -0.15) is 0 Å². The van der Waals surface area contributed by atoms with Gasteiger partial charge in [0.05, 0.1) is 8.49 Å². The first-order chi connectivity index (χ1) is 9.88. The molecule has 21 heavy (non-hydrogen) atoms. The van der Waals surface area contributed by atoms with Gasteiger partial charge >= 0.3 is 5.97 Å². The predicted molar refractivity (Wildman–Crippen MR) is 79.2 cm³/mol. The van der Waals surface area contributed by atoms with Crippen LogP contribution in [0.25, 0.3) is 0 Å². The molecule has 108 valence electrons. The molecule has 0 aliphatic rings. The number of carboxylic acids is 1. The highest BCUT2D eigenvalue weighted by molar-refractivity contribution is 14.1. The van der Waals surface area contributed by atoms with Crippen LogP contribution in [0.1, 0.15) is 10.4 Å². The van der Waals surface area contributed by atoms with E-state index in [4.69, 9.17) is 9.84 Å². The largest absolute Gasteiger partial charge is 0.478 e. The van der Waals surface area contributed by atoms with Crippen LogP contribution in [0.2, 0.25) is 0 Å². The number of hydrogen-bond acceptors (Lipinski definition) is 4. The second kappa shape index (κ2) is 6.04. The number of hydrogen-bond donors (Lipinski definition) is 1. The maximum atomic E-state index is 13.2. The third kappa shape index (κ3) is 3.45. The summed E-state index contributed by atoms with van der Waals surface area (Å²) in [5.74, 6) is -1.88. The number of carbonyl (C=O) groups is 1. The van der Waals surface area contributed by atoms with Gasteiger partial charge in [-0.3, -0.25) is 10.1 Å². The van der Waals surface area contributed by atoms with E-state index in [-0.39, 0.29) is 22.7 Å². The maximum Gasteiger partial charge on any atom is 0.339 e. The Bertz CT molecular complexity index is 734. The summed E-state index contributed by atoms with van der Waals surface area (Å²) in [7, 11) is 0. The first kappa shape index (κ1) is 15.2. The molecule has 0 saturated carbocycles. The summed E-state index contributed by atoms with van der Waals surface area (Å²) in [5, 5.41) is 19.7. The Balaban J connectivity index is 2.40. The molecule has 0 saturated heterocycles. The number of halogens is 2. The molecule has 0 unspecified atom stereocenters. The van der Waals surface area contributed by atoms with E-state index in [0.29, 0.717) is 3.57 Å². The van der Waals surface area contributed by atoms with Gasteiger partial charge in [-0.15, -0.1) is 0 Å². The third-order valence-corrected chi connectivity index (χ3v) is 3.36. The van der Waals surface area contributed by atoms with Gasteiger partial charge in [0.15, 0.2) is 0 Å². The molecular weight excluding hydrogens is 396 g/mol. The Morgan fingerprint density at radius 2 is 1.95 bits per heavy atom. The quantitative estimate of drug-likeness (QED) is 0.476. The lowest BCUT2D eigenvalue weighted by molar-refractivity contribution is -0.385. The smallest absolute Gasteiger partial charge is 0.339 e. The van der Waals surface area contributed by atoms with Crippen LogP contribution in [0.4, 0.5) is 10.1 Å². The lowest BCUT2D eigenvalue weighted by atomic mass is 10.2. The van der Waals surface area contributed by atoms with E-state index in [1.165, 1.54) is 18.2 Å². The normalized spacial score (nSPS) is 10.2. The van der Waals surface area contributed by atoms with Crippen molar-refractivity contribution in [3.05, 3.63) is 61.5 Å². The van der Waals surface area contributed by atoms with Crippen LogP contribution in [-0.4, -0.2) is 16.0 Å². The molecule has 0 aliphatic carbocycles. The predicted octanol–water partition coefficient (Wildman–Crippen LogP) is 3.83. The van der Waals surface area contributed by atoms with Crippen LogP contribution in [-0.2, 0) is 0 Å². The zero-order chi connectivity index (χ0) is 15.6. The van der Waals surface area contributed by atoms with Gasteiger partial charge in [-0.05, 0) is 40.8 Å². The molecule has 0 radical (unpaired) electrons. The van der Waals surface area contributed by atoms with Crippen LogP contribution >= 0.6 is 22.6 Å². The SMILES string of the molecule is O=C(O)c1ccc(F)cc1Oc1ccc([N+](=O)[O-])cc1I. The molecule has 6 nitrogen and oxygen atoms in total. The molecule has 0 spiro atoms. The Morgan fingerprint density at radius 1 is 1.24 bits per heavy atom. The third-order valence-electron chi connectivity index (χ3n) is 2.52. The molecule has 2 aromatic rings. The maximum absolute atomic E-state index is 13.2. The highest BCUT2D eigenvalue weighted by Crippen LogP contribution is 2.32. The summed E-state index contributed by atoms with van der Waals surface area (Å²) in [4.78, 5) is 21.1. The monoisotopic (exact) mass is 403 g/mol. The van der Waals surface area contributed by atoms with Crippen molar-refractivity contribution in [3.8, 4) is 11.5 Å². The number of non-ortho nitro benzene ring substituents is 1. The Kier molecular flexibility index (Phi) is 4.36. The Morgan fingerprint density at radius 3 is 2.52 bits per heavy atom. The number of carboxylic acid groups (broad SMARTS) is 1. The second-order valence-electron chi connectivity index (χ2n) is 3.92. The van der Waals surface area contributed by atoms with Crippen LogP contribution in [0.5, 0.6) is 11.5 Å². The van der Waals surface area contributed by atoms with Gasteiger partial charge in [0.25, 0.3) is 5.69 Å². The van der Waals surface area contributed by atoms with Crippen LogP contribution in [0.3, 0.4) is 0 Å². The van der Waals surface area contributed by atoms with E-state index in [9.17, 15) is 19.3 Å². The van der Waals surface area contributed by atoms with Crippen molar-refractivity contribution in [1.29, 1.82) is 0 Å². The summed E-state index contributed by atoms with van der Waals surface area (Å²) in [5.41, 5.74) is -0.324. The van der Waals surface area contributed by atoms with E-state index in [0.717, 1.165) is 18.2 Å². The van der Waals surface area contributed by atoms with Crippen molar-refractivity contribution in [3.63, 3.8) is 0 Å². The molecule has 0 aromatic heterocycles. The summed E-state index contributed by atoms with van der Waals surface area (Å²) in [6.45, 7) is 0. The van der Waals surface area contributed by atoms with Gasteiger partial charge < -0.3 is 9.84 Å². The molecule has 0 heterocycles. The van der Waals surface area contributed by atoms with Crippen molar-refractivity contribution in [2.75, 3.05) is 0 Å². The molecule has 0 atom stereocenters. The van der Waals surface area contributed by atoms with Crippen LogP contribution < -0.4 is 4.74 Å². The van der Waals surface area contributed by atoms with Gasteiger partial charge in [0, 0.05) is 18.2 Å². The van der Waals surface area contributed by atoms with E-state index in [1.54, 1.807) is 0 Å². The molecule has 1 N–H and O–H groups in total. The number of nitro groups is 1. The first-order valence-electron chi connectivity index (χ1n) is 5.53. The standard InChI is InChI=1S/C13H7FINO5/c14-7-1-3-9(13(17)18)12(5-7)21-11-4-2-8(16(19)20)6-10(11)15/h1-6H,(H,17,18). The van der Waals surface area contributed by atoms with Gasteiger partial charge in [-0.1, -0.05) is 0 Å². The minimum absolute atomic E-state index is 0.121. The average Bonchev–Trinajstić information content (AvgIpc) is 2.40. The van der Waals surface area contributed by atoms with E-state index < -0.39 is 16.7 Å². The van der Waals surface area contributed by atoms with Crippen molar-refractivity contribution in [2.45, 2.75) is 0 Å². The summed E-state index contributed by atoms with van der Waals surface area (Å²) < 4.78 is 19.0. The van der Waals surface area contributed by atoms with Gasteiger partial charge in [0.2, 0.25) is 0 Å². The molecule has 2 aromatic carbocycles. The summed E-state index contributed by atoms with van der Waals surface area (Å²) >= 11 is 1.81. The number of nitro benzene ring substituents is 1. The molecule has 8 heteroatoms. The van der Waals surface area contributed by atoms with E-state index >= 15 is 0 Å². The Labute approximate surface area is 131 Å². The summed E-state index contributed by atoms with van der Waals surface area (Å²) in [6, 6.07) is 6.87. The molecule has 0 aliphatic heterocycles. The fourth-order valence-electron chi connectivity index (χ4n) is 1.56. The van der Waals surface area contributed by atoms with E-state index in [2.05, 4.69) is 0 Å². The summed E-state index contributed by atoms with van der Waals surface area (Å²) in [6.07, 6.45) is 0. The number of nitrogens with zero attached hydrogens (tertiary/aromatic N) is 1. The lowest BCUT2D eigenvalue weighted by Crippen LogP contribution is -2.01. The zero-order valence-corrected chi connectivity index (χ0v) is 12.4. The van der Waals surface area contributed by atoms with E-state index in [1.807, 2.05) is 22.6 Å². The number of benzene rings is 2. The second-order valence-corrected chi connectivity index (χ2v) is 5.08. The van der Waals surface area contributed by atoms with Crippen molar-refractivity contribution in [1.82, 2.24) is 0 Å². The highest BCUT2D eigenvalue weighted by Gasteiger charge is 2.16. The number of aromatic carboxylic acids is 1. The lowest BCUT2D eigenvalue weighted by Gasteiger charge is -2.10.